The molecule has 0 atom stereocenters. The van der Waals surface area contributed by atoms with Crippen molar-refractivity contribution in [3.8, 4) is 0 Å². The number of nitrogens with one attached hydrogen (secondary N) is 1. The minimum atomic E-state index is 0. The maximum atomic E-state index is 3.22. The molecule has 0 aliphatic carbocycles. The maximum absolute atomic E-state index is 3.22. The van der Waals surface area contributed by atoms with Gasteiger partial charge in [-0.3, -0.25) is 0 Å². The topological polar surface area (TPSA) is 12.0 Å². The average molecular weight is 356 g/mol. The van der Waals surface area contributed by atoms with Gasteiger partial charge in [0.1, 0.15) is 0 Å². The number of halogens is 2. The van der Waals surface area contributed by atoms with Crippen molar-refractivity contribution in [2.24, 2.45) is 0 Å². The summed E-state index contributed by atoms with van der Waals surface area (Å²) in [5.41, 5.74) is 1.37. The fourth-order valence-corrected chi connectivity index (χ4v) is 1.43. The van der Waals surface area contributed by atoms with Gasteiger partial charge in [0.2, 0.25) is 0 Å². The fraction of sp³-hybridized carbons (Fsp3) is 0.143. The van der Waals surface area contributed by atoms with E-state index in [1.807, 2.05) is 6.07 Å². The second-order valence-electron chi connectivity index (χ2n) is 1.84. The summed E-state index contributed by atoms with van der Waals surface area (Å²) in [6.45, 7) is 1.02. The molecule has 11 heavy (non-hydrogen) atoms. The Morgan fingerprint density at radius 3 is 2.09 bits per heavy atom. The Labute approximate surface area is 94.7 Å². The zero-order valence-corrected chi connectivity index (χ0v) is 11.0. The summed E-state index contributed by atoms with van der Waals surface area (Å²) in [5, 5.41) is 0. The first-order chi connectivity index (χ1) is 4.43. The molecular weight excluding hydrogens is 347 g/mol. The van der Waals surface area contributed by atoms with E-state index >= 15 is 0 Å². The van der Waals surface area contributed by atoms with Crippen molar-refractivity contribution in [2.75, 3.05) is 0 Å². The molecule has 0 aliphatic rings. The van der Waals surface area contributed by atoms with E-state index in [1.54, 1.807) is 0 Å². The van der Waals surface area contributed by atoms with Crippen LogP contribution in [0.5, 0.6) is 0 Å². The molecule has 0 aromatic heterocycles. The van der Waals surface area contributed by atoms with Crippen LogP contribution in [0.4, 0.5) is 0 Å². The van der Waals surface area contributed by atoms with Crippen LogP contribution in [0.3, 0.4) is 0 Å². The molecule has 0 bridgehead atoms. The molecule has 0 unspecified atom stereocenters. The Bertz CT molecular complexity index is 169. The number of rotatable bonds is 2. The third kappa shape index (κ3) is 5.85. The van der Waals surface area contributed by atoms with Gasteiger partial charge in [0.05, 0.1) is 0 Å². The molecule has 1 aromatic rings. The van der Waals surface area contributed by atoms with Crippen LogP contribution in [-0.4, -0.2) is 0 Å². The zero-order valence-electron chi connectivity index (χ0n) is 5.85. The van der Waals surface area contributed by atoms with Crippen molar-refractivity contribution < 1.29 is 49.5 Å². The molecule has 0 heterocycles. The molecule has 59 valence electrons. The van der Waals surface area contributed by atoms with Crippen LogP contribution in [0.1, 0.15) is 5.56 Å². The summed E-state index contributed by atoms with van der Waals surface area (Å²) in [7, 11) is 0. The predicted molar refractivity (Wildman–Crippen MR) is 33.3 cm³/mol. The molecule has 0 saturated carbocycles. The molecule has 1 N–H and O–H groups in total. The van der Waals surface area contributed by atoms with Gasteiger partial charge in [-0.15, -0.1) is 0 Å². The molecular formula is C7H8Cl2HfN. The SMILES string of the molecule is [Cl-].[Cl-].[Hf+2][NH]Cc1ccccc1. The van der Waals surface area contributed by atoms with Crippen LogP contribution in [0.15, 0.2) is 30.3 Å². The van der Waals surface area contributed by atoms with Crippen LogP contribution in [-0.2, 0) is 31.2 Å². The summed E-state index contributed by atoms with van der Waals surface area (Å²) >= 11 is 1.07. The van der Waals surface area contributed by atoms with Crippen LogP contribution < -0.4 is 28.1 Å². The Hall–Kier alpha value is 0.630. The van der Waals surface area contributed by atoms with E-state index in [-0.39, 0.29) is 24.8 Å². The molecule has 0 fully saturated rings. The summed E-state index contributed by atoms with van der Waals surface area (Å²) in [5.74, 6) is 0. The normalized spacial score (nSPS) is 7.82. The fourth-order valence-electron chi connectivity index (χ4n) is 0.698. The van der Waals surface area contributed by atoms with E-state index in [9.17, 15) is 0 Å². The van der Waals surface area contributed by atoms with Gasteiger partial charge in [-0.2, -0.15) is 0 Å². The summed E-state index contributed by atoms with van der Waals surface area (Å²) in [6, 6.07) is 10.4. The van der Waals surface area contributed by atoms with E-state index < -0.39 is 0 Å². The number of hydrogen-bond donors (Lipinski definition) is 1. The number of hydrogen-bond acceptors (Lipinski definition) is 1. The average Bonchev–Trinajstić information content (AvgIpc) is 1.91. The van der Waals surface area contributed by atoms with E-state index in [4.69, 9.17) is 0 Å². The molecule has 1 rings (SSSR count). The minimum absolute atomic E-state index is 0. The van der Waals surface area contributed by atoms with Gasteiger partial charge in [-0.25, -0.2) is 0 Å². The molecule has 0 radical (unpaired) electrons. The monoisotopic (exact) mass is 356 g/mol. The standard InChI is InChI=1S/C7H8N.2ClH.Hf/c8-6-7-4-2-1-3-5-7;;;/h1-5,8H,6H2;2*1H;/q-1;;;+3/p-2. The zero-order chi connectivity index (χ0) is 6.53. The number of benzene rings is 1. The van der Waals surface area contributed by atoms with E-state index in [0.29, 0.717) is 0 Å². The van der Waals surface area contributed by atoms with Crippen molar-refractivity contribution in [3.63, 3.8) is 0 Å². The van der Waals surface area contributed by atoms with Gasteiger partial charge < -0.3 is 24.8 Å². The van der Waals surface area contributed by atoms with Gasteiger partial charge >= 0.3 is 70.4 Å². The summed E-state index contributed by atoms with van der Waals surface area (Å²) in [6.07, 6.45) is 0. The molecule has 0 spiro atoms. The van der Waals surface area contributed by atoms with Crippen molar-refractivity contribution in [1.82, 2.24) is 3.30 Å². The summed E-state index contributed by atoms with van der Waals surface area (Å²) in [4.78, 5) is 0. The Balaban J connectivity index is 0. The molecule has 0 amide bonds. The Morgan fingerprint density at radius 2 is 1.64 bits per heavy atom. The second-order valence-corrected chi connectivity index (χ2v) is 3.11. The van der Waals surface area contributed by atoms with Crippen molar-refractivity contribution in [1.29, 1.82) is 0 Å². The van der Waals surface area contributed by atoms with Gasteiger partial charge in [0.15, 0.2) is 0 Å². The predicted octanol–water partition coefficient (Wildman–Crippen LogP) is -4.75. The van der Waals surface area contributed by atoms with E-state index in [1.165, 1.54) is 5.56 Å². The first-order valence-corrected chi connectivity index (χ1v) is 4.66. The van der Waals surface area contributed by atoms with Crippen LogP contribution in [0.2, 0.25) is 0 Å². The van der Waals surface area contributed by atoms with E-state index in [2.05, 4.69) is 27.6 Å². The first kappa shape index (κ1) is 14.2. The van der Waals surface area contributed by atoms with Gasteiger partial charge in [-0.05, 0) is 0 Å². The van der Waals surface area contributed by atoms with Crippen LogP contribution >= 0.6 is 0 Å². The van der Waals surface area contributed by atoms with Crippen molar-refractivity contribution >= 4 is 0 Å². The third-order valence-corrected chi connectivity index (χ3v) is 1.77. The first-order valence-electron chi connectivity index (χ1n) is 2.87. The third-order valence-electron chi connectivity index (χ3n) is 1.14. The molecule has 1 aromatic carbocycles. The molecule has 0 aliphatic heterocycles. The van der Waals surface area contributed by atoms with Crippen molar-refractivity contribution in [2.45, 2.75) is 6.54 Å². The van der Waals surface area contributed by atoms with Gasteiger partial charge in [0, 0.05) is 0 Å². The molecule has 4 heteroatoms. The van der Waals surface area contributed by atoms with Gasteiger partial charge in [-0.1, -0.05) is 0 Å². The van der Waals surface area contributed by atoms with Crippen LogP contribution in [0, 0.1) is 0 Å². The second kappa shape index (κ2) is 8.72. The molecule has 0 saturated heterocycles. The Kier molecular flexibility index (Phi) is 11.2. The summed E-state index contributed by atoms with van der Waals surface area (Å²) < 4.78 is 3.22. The quantitative estimate of drug-likeness (QED) is 0.526. The Morgan fingerprint density at radius 1 is 1.09 bits per heavy atom. The molecule has 1 nitrogen and oxygen atoms in total. The van der Waals surface area contributed by atoms with Crippen LogP contribution in [0.25, 0.3) is 0 Å². The van der Waals surface area contributed by atoms with Gasteiger partial charge in [0.25, 0.3) is 0 Å². The van der Waals surface area contributed by atoms with Crippen molar-refractivity contribution in [3.05, 3.63) is 35.9 Å². The van der Waals surface area contributed by atoms with E-state index in [0.717, 1.165) is 31.2 Å².